The molecule has 1 aromatic heterocycles. The number of para-hydroxylation sites is 1. The van der Waals surface area contributed by atoms with Crippen molar-refractivity contribution in [2.24, 2.45) is 0 Å². The predicted octanol–water partition coefficient (Wildman–Crippen LogP) is 2.71. The zero-order chi connectivity index (χ0) is 13.7. The van der Waals surface area contributed by atoms with E-state index in [4.69, 9.17) is 0 Å². The van der Waals surface area contributed by atoms with Crippen LogP contribution in [-0.2, 0) is 6.54 Å². The highest BCUT2D eigenvalue weighted by Crippen LogP contribution is 2.16. The highest BCUT2D eigenvalue weighted by atomic mass is 15.3. The number of aromatic nitrogens is 2. The van der Waals surface area contributed by atoms with E-state index in [-0.39, 0.29) is 0 Å². The van der Waals surface area contributed by atoms with Crippen molar-refractivity contribution in [3.8, 4) is 6.07 Å². The first-order valence-corrected chi connectivity index (χ1v) is 6.75. The number of nitriles is 1. The van der Waals surface area contributed by atoms with Gasteiger partial charge in [0.25, 0.3) is 0 Å². The standard InChI is InChI=1S/C15H20N4/c1-3-17-15(2,12-16)9-6-10-19-14-8-5-4-7-13(14)11-18-19/h4-5,7-8,11,17H,3,6,9-10H2,1-2H3. The fourth-order valence-electron chi connectivity index (χ4n) is 2.36. The predicted molar refractivity (Wildman–Crippen MR) is 76.7 cm³/mol. The van der Waals surface area contributed by atoms with Crippen LogP contribution in [0.3, 0.4) is 0 Å². The average molecular weight is 256 g/mol. The number of nitrogens with one attached hydrogen (secondary N) is 1. The van der Waals surface area contributed by atoms with E-state index in [9.17, 15) is 5.26 Å². The second-order valence-corrected chi connectivity index (χ2v) is 5.00. The molecule has 1 heterocycles. The van der Waals surface area contributed by atoms with Crippen molar-refractivity contribution >= 4 is 10.9 Å². The monoisotopic (exact) mass is 256 g/mol. The van der Waals surface area contributed by atoms with Crippen molar-refractivity contribution < 1.29 is 0 Å². The van der Waals surface area contributed by atoms with Crippen LogP contribution >= 0.6 is 0 Å². The molecule has 0 aliphatic heterocycles. The van der Waals surface area contributed by atoms with Crippen LogP contribution in [0.15, 0.2) is 30.5 Å². The molecule has 4 heteroatoms. The van der Waals surface area contributed by atoms with Gasteiger partial charge in [0, 0.05) is 11.9 Å². The normalized spacial score (nSPS) is 14.2. The van der Waals surface area contributed by atoms with Gasteiger partial charge in [-0.3, -0.25) is 10.00 Å². The fraction of sp³-hybridized carbons (Fsp3) is 0.467. The van der Waals surface area contributed by atoms with E-state index in [0.717, 1.165) is 36.8 Å². The van der Waals surface area contributed by atoms with Crippen LogP contribution in [0, 0.1) is 11.3 Å². The lowest BCUT2D eigenvalue weighted by atomic mass is 9.98. The van der Waals surface area contributed by atoms with E-state index in [2.05, 4.69) is 28.6 Å². The second-order valence-electron chi connectivity index (χ2n) is 5.00. The number of nitrogens with zero attached hydrogens (tertiary/aromatic N) is 3. The van der Waals surface area contributed by atoms with Gasteiger partial charge in [-0.25, -0.2) is 0 Å². The molecule has 19 heavy (non-hydrogen) atoms. The Morgan fingerprint density at radius 3 is 2.95 bits per heavy atom. The molecule has 0 spiro atoms. The van der Waals surface area contributed by atoms with Gasteiger partial charge in [-0.05, 0) is 32.4 Å². The number of fused-ring (bicyclic) bond motifs is 1. The topological polar surface area (TPSA) is 53.6 Å². The minimum absolute atomic E-state index is 0.433. The summed E-state index contributed by atoms with van der Waals surface area (Å²) in [6, 6.07) is 10.5. The summed E-state index contributed by atoms with van der Waals surface area (Å²) in [6.07, 6.45) is 3.65. The summed E-state index contributed by atoms with van der Waals surface area (Å²) >= 11 is 0. The van der Waals surface area contributed by atoms with E-state index in [1.165, 1.54) is 0 Å². The maximum atomic E-state index is 9.21. The summed E-state index contributed by atoms with van der Waals surface area (Å²) in [6.45, 7) is 5.64. The molecular formula is C15H20N4. The first-order chi connectivity index (χ1) is 9.18. The van der Waals surface area contributed by atoms with Gasteiger partial charge in [-0.15, -0.1) is 0 Å². The summed E-state index contributed by atoms with van der Waals surface area (Å²) in [5, 5.41) is 18.0. The smallest absolute Gasteiger partial charge is 0.103 e. The van der Waals surface area contributed by atoms with Crippen molar-refractivity contribution in [1.29, 1.82) is 5.26 Å². The molecule has 0 aliphatic rings. The molecule has 2 rings (SSSR count). The van der Waals surface area contributed by atoms with Gasteiger partial charge < -0.3 is 0 Å². The third-order valence-electron chi connectivity index (χ3n) is 3.41. The Morgan fingerprint density at radius 2 is 2.21 bits per heavy atom. The first kappa shape index (κ1) is 13.6. The van der Waals surface area contributed by atoms with E-state index >= 15 is 0 Å². The number of hydrogen-bond donors (Lipinski definition) is 1. The Kier molecular flexibility index (Phi) is 4.18. The Balaban J connectivity index is 1.98. The van der Waals surface area contributed by atoms with Gasteiger partial charge >= 0.3 is 0 Å². The quantitative estimate of drug-likeness (QED) is 0.864. The van der Waals surface area contributed by atoms with Gasteiger partial charge in [-0.2, -0.15) is 10.4 Å². The lowest BCUT2D eigenvalue weighted by molar-refractivity contribution is 0.399. The summed E-state index contributed by atoms with van der Waals surface area (Å²) in [5.41, 5.74) is 0.724. The Morgan fingerprint density at radius 1 is 1.42 bits per heavy atom. The molecule has 0 radical (unpaired) electrons. The molecule has 100 valence electrons. The third-order valence-corrected chi connectivity index (χ3v) is 3.41. The lowest BCUT2D eigenvalue weighted by Crippen LogP contribution is -2.40. The molecule has 0 amide bonds. The molecule has 0 saturated carbocycles. The van der Waals surface area contributed by atoms with Gasteiger partial charge in [0.05, 0.1) is 17.8 Å². The van der Waals surface area contributed by atoms with E-state index in [1.54, 1.807) is 0 Å². The van der Waals surface area contributed by atoms with Crippen LogP contribution in [0.25, 0.3) is 10.9 Å². The zero-order valence-corrected chi connectivity index (χ0v) is 11.6. The minimum Gasteiger partial charge on any atom is -0.300 e. The fourth-order valence-corrected chi connectivity index (χ4v) is 2.36. The SMILES string of the molecule is CCNC(C)(C#N)CCCn1ncc2ccccc21. The van der Waals surface area contributed by atoms with Crippen LogP contribution in [0.5, 0.6) is 0 Å². The molecular weight excluding hydrogens is 236 g/mol. The van der Waals surface area contributed by atoms with Crippen molar-refractivity contribution in [2.75, 3.05) is 6.54 Å². The number of benzene rings is 1. The van der Waals surface area contributed by atoms with E-state index < -0.39 is 5.54 Å². The molecule has 4 nitrogen and oxygen atoms in total. The summed E-state index contributed by atoms with van der Waals surface area (Å²) in [5.74, 6) is 0. The molecule has 0 bridgehead atoms. The van der Waals surface area contributed by atoms with Crippen molar-refractivity contribution in [3.63, 3.8) is 0 Å². The largest absolute Gasteiger partial charge is 0.300 e. The zero-order valence-electron chi connectivity index (χ0n) is 11.6. The van der Waals surface area contributed by atoms with Crippen LogP contribution in [0.2, 0.25) is 0 Å². The summed E-state index contributed by atoms with van der Waals surface area (Å²) in [7, 11) is 0. The average Bonchev–Trinajstić information content (AvgIpc) is 2.83. The first-order valence-electron chi connectivity index (χ1n) is 6.75. The van der Waals surface area contributed by atoms with E-state index in [1.807, 2.05) is 36.9 Å². The van der Waals surface area contributed by atoms with Crippen LogP contribution < -0.4 is 5.32 Å². The molecule has 0 fully saturated rings. The third kappa shape index (κ3) is 3.12. The van der Waals surface area contributed by atoms with Crippen molar-refractivity contribution in [1.82, 2.24) is 15.1 Å². The van der Waals surface area contributed by atoms with Crippen molar-refractivity contribution in [3.05, 3.63) is 30.5 Å². The Labute approximate surface area is 114 Å². The highest BCUT2D eigenvalue weighted by molar-refractivity contribution is 5.78. The second kappa shape index (κ2) is 5.85. The van der Waals surface area contributed by atoms with Crippen LogP contribution in [0.4, 0.5) is 0 Å². The van der Waals surface area contributed by atoms with Gasteiger partial charge in [0.15, 0.2) is 0 Å². The molecule has 0 saturated heterocycles. The van der Waals surface area contributed by atoms with Gasteiger partial charge in [0.1, 0.15) is 5.54 Å². The number of aryl methyl sites for hydroxylation is 1. The summed E-state index contributed by atoms with van der Waals surface area (Å²) in [4.78, 5) is 0. The van der Waals surface area contributed by atoms with Gasteiger partial charge in [0.2, 0.25) is 0 Å². The highest BCUT2D eigenvalue weighted by Gasteiger charge is 2.21. The molecule has 1 aromatic carbocycles. The number of hydrogen-bond acceptors (Lipinski definition) is 3. The lowest BCUT2D eigenvalue weighted by Gasteiger charge is -2.22. The summed E-state index contributed by atoms with van der Waals surface area (Å²) < 4.78 is 2.01. The maximum absolute atomic E-state index is 9.21. The van der Waals surface area contributed by atoms with Crippen molar-refractivity contribution in [2.45, 2.75) is 38.8 Å². The Hall–Kier alpha value is -1.86. The molecule has 0 aliphatic carbocycles. The molecule has 1 atom stereocenters. The number of rotatable bonds is 6. The maximum Gasteiger partial charge on any atom is 0.103 e. The van der Waals surface area contributed by atoms with Crippen LogP contribution in [-0.4, -0.2) is 21.9 Å². The minimum atomic E-state index is -0.433. The molecule has 2 aromatic rings. The molecule has 1 N–H and O–H groups in total. The van der Waals surface area contributed by atoms with Crippen LogP contribution in [0.1, 0.15) is 26.7 Å². The Bertz CT molecular complexity index is 581. The molecule has 1 unspecified atom stereocenters. The van der Waals surface area contributed by atoms with Gasteiger partial charge in [-0.1, -0.05) is 25.1 Å². The van der Waals surface area contributed by atoms with E-state index in [0.29, 0.717) is 0 Å².